The highest BCUT2D eigenvalue weighted by Gasteiger charge is 2.12. The third-order valence-electron chi connectivity index (χ3n) is 7.81. The van der Waals surface area contributed by atoms with E-state index in [1.807, 2.05) is 36.7 Å². The van der Waals surface area contributed by atoms with E-state index in [9.17, 15) is 4.79 Å². The summed E-state index contributed by atoms with van der Waals surface area (Å²) in [5, 5.41) is 0.270. The highest BCUT2D eigenvalue weighted by atomic mass is 35.5. The third-order valence-corrected chi connectivity index (χ3v) is 8.20. The molecule has 3 rings (SSSR count). The summed E-state index contributed by atoms with van der Waals surface area (Å²) in [7, 11) is 0. The molecule has 0 aliphatic heterocycles. The molecule has 6 heteroatoms. The first-order valence-electron chi connectivity index (χ1n) is 16.5. The fraction of sp³-hybridized carbons (Fsp3) is 0.541. The Labute approximate surface area is 264 Å². The quantitative estimate of drug-likeness (QED) is 0.0522. The average molecular weight is 607 g/mol. The van der Waals surface area contributed by atoms with Crippen LogP contribution in [-0.2, 0) is 6.42 Å². The molecule has 2 aromatic carbocycles. The molecule has 43 heavy (non-hydrogen) atoms. The van der Waals surface area contributed by atoms with Crippen molar-refractivity contribution in [2.24, 2.45) is 5.92 Å². The first kappa shape index (κ1) is 34.6. The van der Waals surface area contributed by atoms with E-state index >= 15 is 0 Å². The first-order chi connectivity index (χ1) is 21.0. The van der Waals surface area contributed by atoms with Gasteiger partial charge < -0.3 is 9.47 Å². The maximum absolute atomic E-state index is 12.7. The molecule has 0 amide bonds. The summed E-state index contributed by atoms with van der Waals surface area (Å²) < 4.78 is 11.5. The minimum Gasteiger partial charge on any atom is -0.494 e. The van der Waals surface area contributed by atoms with Gasteiger partial charge in [-0.1, -0.05) is 72.1 Å². The number of alkyl halides is 1. The van der Waals surface area contributed by atoms with Crippen LogP contribution >= 0.6 is 11.6 Å². The highest BCUT2D eigenvalue weighted by Crippen LogP contribution is 2.23. The highest BCUT2D eigenvalue weighted by molar-refractivity contribution is 6.20. The Hall–Kier alpha value is -2.92. The molecule has 0 N–H and O–H groups in total. The molecule has 0 radical (unpaired) electrons. The van der Waals surface area contributed by atoms with Crippen molar-refractivity contribution >= 4 is 17.6 Å². The second kappa shape index (κ2) is 20.1. The van der Waals surface area contributed by atoms with Crippen LogP contribution in [0.1, 0.15) is 120 Å². The number of carbonyl (C=O) groups is 1. The summed E-state index contributed by atoms with van der Waals surface area (Å²) in [6.45, 7) is 7.33. The summed E-state index contributed by atoms with van der Waals surface area (Å²) in [4.78, 5) is 21.8. The van der Waals surface area contributed by atoms with Crippen LogP contribution in [0.3, 0.4) is 0 Å². The van der Waals surface area contributed by atoms with Gasteiger partial charge in [-0.05, 0) is 98.5 Å². The number of nitrogens with zero attached hydrogens (tertiary/aromatic N) is 2. The number of benzene rings is 2. The van der Waals surface area contributed by atoms with Crippen molar-refractivity contribution in [1.82, 2.24) is 9.97 Å². The summed E-state index contributed by atoms with van der Waals surface area (Å²) in [6.07, 6.45) is 20.7. The Morgan fingerprint density at radius 2 is 1.40 bits per heavy atom. The number of hydrogen-bond acceptors (Lipinski definition) is 5. The van der Waals surface area contributed by atoms with E-state index in [4.69, 9.17) is 21.1 Å². The lowest BCUT2D eigenvalue weighted by atomic mass is 9.98. The monoisotopic (exact) mass is 606 g/mol. The number of hydrogen-bond donors (Lipinski definition) is 0. The standard InChI is InChI=1S/C37H51ClN2O3/c1-4-6-7-8-9-10-11-12-16-30-27-39-36(40-28-30)31-17-23-35(24-18-31)43-37(41)32-19-21-34(22-20-32)42-25-13-15-29(3)26-33(38)14-5-2/h17-24,27-29,33H,4-16,25-26H2,1-3H3/t29?,33-/m1/s1. The van der Waals surface area contributed by atoms with Crippen molar-refractivity contribution in [3.63, 3.8) is 0 Å². The van der Waals surface area contributed by atoms with Gasteiger partial charge in [0.25, 0.3) is 0 Å². The summed E-state index contributed by atoms with van der Waals surface area (Å²) >= 11 is 6.37. The molecule has 0 fully saturated rings. The number of aromatic nitrogens is 2. The number of ether oxygens (including phenoxy) is 2. The Morgan fingerprint density at radius 3 is 2.05 bits per heavy atom. The van der Waals surface area contributed by atoms with Crippen LogP contribution in [-0.4, -0.2) is 27.9 Å². The molecule has 0 saturated carbocycles. The van der Waals surface area contributed by atoms with Gasteiger partial charge in [-0.25, -0.2) is 14.8 Å². The van der Waals surface area contributed by atoms with E-state index < -0.39 is 5.97 Å². The molecule has 0 aliphatic rings. The predicted molar refractivity (Wildman–Crippen MR) is 178 cm³/mol. The largest absolute Gasteiger partial charge is 0.494 e. The summed E-state index contributed by atoms with van der Waals surface area (Å²) in [5.41, 5.74) is 2.54. The molecule has 5 nitrogen and oxygen atoms in total. The second-order valence-corrected chi connectivity index (χ2v) is 12.4. The molecular formula is C37H51ClN2O3. The van der Waals surface area contributed by atoms with Crippen molar-refractivity contribution < 1.29 is 14.3 Å². The SMILES string of the molecule is CCCCCCCCCCc1cnc(-c2ccc(OC(=O)c3ccc(OCCCC(C)C[C@H](Cl)CCC)cc3)cc2)nc1. The van der Waals surface area contributed by atoms with Gasteiger partial charge >= 0.3 is 5.97 Å². The Morgan fingerprint density at radius 1 is 0.767 bits per heavy atom. The number of carbonyl (C=O) groups excluding carboxylic acids is 1. The topological polar surface area (TPSA) is 61.3 Å². The van der Waals surface area contributed by atoms with Gasteiger partial charge in [0.15, 0.2) is 5.82 Å². The van der Waals surface area contributed by atoms with Crippen molar-refractivity contribution in [2.45, 2.75) is 116 Å². The Kier molecular flexibility index (Phi) is 16.2. The lowest BCUT2D eigenvalue weighted by molar-refractivity contribution is 0.0734. The van der Waals surface area contributed by atoms with Crippen LogP contribution in [0.2, 0.25) is 0 Å². The predicted octanol–water partition coefficient (Wildman–Crippen LogP) is 10.6. The molecule has 1 heterocycles. The van der Waals surface area contributed by atoms with E-state index in [1.165, 1.54) is 56.9 Å². The fourth-order valence-electron chi connectivity index (χ4n) is 5.23. The van der Waals surface area contributed by atoms with Crippen LogP contribution in [0.25, 0.3) is 11.4 Å². The van der Waals surface area contributed by atoms with Gasteiger partial charge in [0, 0.05) is 23.3 Å². The van der Waals surface area contributed by atoms with E-state index in [0.717, 1.165) is 49.8 Å². The van der Waals surface area contributed by atoms with Crippen LogP contribution in [0.4, 0.5) is 0 Å². The van der Waals surface area contributed by atoms with Gasteiger partial charge in [-0.3, -0.25) is 0 Å². The maximum Gasteiger partial charge on any atom is 0.343 e. The molecule has 0 aliphatic carbocycles. The molecule has 2 atom stereocenters. The smallest absolute Gasteiger partial charge is 0.343 e. The second-order valence-electron chi connectivity index (χ2n) is 11.8. The van der Waals surface area contributed by atoms with E-state index in [-0.39, 0.29) is 5.38 Å². The third kappa shape index (κ3) is 13.5. The summed E-state index contributed by atoms with van der Waals surface area (Å²) in [6, 6.07) is 14.4. The number of unbranched alkanes of at least 4 members (excludes halogenated alkanes) is 7. The molecule has 3 aromatic rings. The van der Waals surface area contributed by atoms with Crippen LogP contribution in [0.15, 0.2) is 60.9 Å². The Balaban J connectivity index is 1.37. The Bertz CT molecular complexity index is 1170. The van der Waals surface area contributed by atoms with Crippen LogP contribution in [0, 0.1) is 5.92 Å². The molecule has 234 valence electrons. The fourth-order valence-corrected chi connectivity index (χ4v) is 5.75. The lowest BCUT2D eigenvalue weighted by Crippen LogP contribution is -2.09. The van der Waals surface area contributed by atoms with E-state index in [1.54, 1.807) is 24.3 Å². The number of halogens is 1. The lowest BCUT2D eigenvalue weighted by Gasteiger charge is -2.15. The van der Waals surface area contributed by atoms with Crippen molar-refractivity contribution in [3.8, 4) is 22.9 Å². The average Bonchev–Trinajstić information content (AvgIpc) is 3.02. The maximum atomic E-state index is 12.7. The van der Waals surface area contributed by atoms with Crippen LogP contribution < -0.4 is 9.47 Å². The summed E-state index contributed by atoms with van der Waals surface area (Å²) in [5.74, 6) is 2.08. The van der Waals surface area contributed by atoms with Crippen molar-refractivity contribution in [3.05, 3.63) is 72.1 Å². The number of rotatable bonds is 21. The van der Waals surface area contributed by atoms with Gasteiger partial charge in [0.05, 0.1) is 12.2 Å². The zero-order valence-electron chi connectivity index (χ0n) is 26.5. The van der Waals surface area contributed by atoms with Crippen molar-refractivity contribution in [2.75, 3.05) is 6.61 Å². The first-order valence-corrected chi connectivity index (χ1v) is 16.9. The number of esters is 1. The zero-order valence-corrected chi connectivity index (χ0v) is 27.3. The molecule has 0 spiro atoms. The molecule has 1 aromatic heterocycles. The molecular weight excluding hydrogens is 556 g/mol. The molecule has 1 unspecified atom stereocenters. The normalized spacial score (nSPS) is 12.6. The van der Waals surface area contributed by atoms with E-state index in [2.05, 4.69) is 30.7 Å². The zero-order chi connectivity index (χ0) is 30.7. The molecule has 0 bridgehead atoms. The van der Waals surface area contributed by atoms with Gasteiger partial charge in [0.1, 0.15) is 11.5 Å². The van der Waals surface area contributed by atoms with E-state index in [0.29, 0.717) is 29.7 Å². The molecule has 0 saturated heterocycles. The minimum absolute atomic E-state index is 0.270. The van der Waals surface area contributed by atoms with Gasteiger partial charge in [-0.2, -0.15) is 0 Å². The van der Waals surface area contributed by atoms with Crippen LogP contribution in [0.5, 0.6) is 11.5 Å². The minimum atomic E-state index is -0.405. The van der Waals surface area contributed by atoms with Crippen molar-refractivity contribution in [1.29, 1.82) is 0 Å². The van der Waals surface area contributed by atoms with Gasteiger partial charge in [0.2, 0.25) is 0 Å². The van der Waals surface area contributed by atoms with Gasteiger partial charge in [-0.15, -0.1) is 11.6 Å². The number of aryl methyl sites for hydroxylation is 1.